The molecule has 138 valence electrons. The fourth-order valence-corrected chi connectivity index (χ4v) is 3.98. The van der Waals surface area contributed by atoms with Crippen molar-refractivity contribution < 1.29 is 9.32 Å². The molecule has 1 aromatic heterocycles. The monoisotopic (exact) mass is 360 g/mol. The SMILES string of the molecule is CC(NC(=O)[C@@H]1CCC[C@H]1c1cc(-c2ccccc2)on1)c1ccccc1. The van der Waals surface area contributed by atoms with Crippen LogP contribution >= 0.6 is 0 Å². The lowest BCUT2D eigenvalue weighted by Crippen LogP contribution is -2.34. The van der Waals surface area contributed by atoms with E-state index in [1.54, 1.807) is 0 Å². The highest BCUT2D eigenvalue weighted by Gasteiger charge is 2.36. The van der Waals surface area contributed by atoms with Crippen LogP contribution in [-0.2, 0) is 4.79 Å². The minimum Gasteiger partial charge on any atom is -0.356 e. The number of nitrogens with zero attached hydrogens (tertiary/aromatic N) is 1. The van der Waals surface area contributed by atoms with Crippen molar-refractivity contribution in [2.24, 2.45) is 5.92 Å². The molecular weight excluding hydrogens is 336 g/mol. The van der Waals surface area contributed by atoms with E-state index < -0.39 is 0 Å². The Balaban J connectivity index is 1.47. The third-order valence-electron chi connectivity index (χ3n) is 5.48. The molecule has 0 aliphatic heterocycles. The zero-order valence-electron chi connectivity index (χ0n) is 15.5. The molecule has 1 saturated carbocycles. The van der Waals surface area contributed by atoms with Gasteiger partial charge in [-0.15, -0.1) is 0 Å². The lowest BCUT2D eigenvalue weighted by atomic mass is 9.91. The molecule has 3 aromatic rings. The van der Waals surface area contributed by atoms with Gasteiger partial charge in [-0.2, -0.15) is 0 Å². The molecule has 1 aliphatic carbocycles. The lowest BCUT2D eigenvalue weighted by Gasteiger charge is -2.21. The Morgan fingerprint density at radius 1 is 1.07 bits per heavy atom. The van der Waals surface area contributed by atoms with Crippen molar-refractivity contribution in [3.8, 4) is 11.3 Å². The number of carbonyl (C=O) groups is 1. The van der Waals surface area contributed by atoms with Crippen LogP contribution in [0.15, 0.2) is 71.3 Å². The number of amides is 1. The molecule has 4 heteroatoms. The molecule has 0 radical (unpaired) electrons. The van der Waals surface area contributed by atoms with Gasteiger partial charge in [-0.1, -0.05) is 72.2 Å². The molecule has 0 saturated heterocycles. The molecule has 27 heavy (non-hydrogen) atoms. The molecule has 4 rings (SSSR count). The smallest absolute Gasteiger partial charge is 0.224 e. The minimum atomic E-state index is -0.0510. The van der Waals surface area contributed by atoms with Crippen molar-refractivity contribution in [1.82, 2.24) is 10.5 Å². The molecule has 2 aromatic carbocycles. The first-order valence-corrected chi connectivity index (χ1v) is 9.60. The predicted octanol–water partition coefficient (Wildman–Crippen LogP) is 5.10. The molecule has 4 nitrogen and oxygen atoms in total. The Morgan fingerprint density at radius 3 is 2.52 bits per heavy atom. The van der Waals surface area contributed by atoms with E-state index in [1.165, 1.54) is 0 Å². The molecule has 1 aliphatic rings. The van der Waals surface area contributed by atoms with Gasteiger partial charge < -0.3 is 9.84 Å². The summed E-state index contributed by atoms with van der Waals surface area (Å²) in [5, 5.41) is 7.47. The summed E-state index contributed by atoms with van der Waals surface area (Å²) in [6.07, 6.45) is 2.90. The fourth-order valence-electron chi connectivity index (χ4n) is 3.98. The van der Waals surface area contributed by atoms with Gasteiger partial charge in [-0.05, 0) is 25.3 Å². The number of carbonyl (C=O) groups excluding carboxylic acids is 1. The maximum atomic E-state index is 12.9. The number of hydrogen-bond acceptors (Lipinski definition) is 3. The normalized spacial score (nSPS) is 20.3. The average molecular weight is 360 g/mol. The average Bonchev–Trinajstić information content (AvgIpc) is 3.38. The van der Waals surface area contributed by atoms with Crippen molar-refractivity contribution in [1.29, 1.82) is 0 Å². The Morgan fingerprint density at radius 2 is 1.78 bits per heavy atom. The van der Waals surface area contributed by atoms with Gasteiger partial charge in [0.2, 0.25) is 5.91 Å². The first-order valence-electron chi connectivity index (χ1n) is 9.60. The Kier molecular flexibility index (Phi) is 5.05. The van der Waals surface area contributed by atoms with Gasteiger partial charge in [-0.25, -0.2) is 0 Å². The first-order chi connectivity index (χ1) is 13.2. The maximum absolute atomic E-state index is 12.9. The Labute approximate surface area is 159 Å². The summed E-state index contributed by atoms with van der Waals surface area (Å²) in [4.78, 5) is 12.9. The van der Waals surface area contributed by atoms with Crippen LogP contribution in [0.25, 0.3) is 11.3 Å². The third-order valence-corrected chi connectivity index (χ3v) is 5.48. The second-order valence-corrected chi connectivity index (χ2v) is 7.27. The standard InChI is InChI=1S/C23H24N2O2/c1-16(17-9-4-2-5-10-17)24-23(26)20-14-8-13-19(20)21-15-22(27-25-21)18-11-6-3-7-12-18/h2-7,9-12,15-16,19-20H,8,13-14H2,1H3,(H,24,26)/t16?,19-,20-/m1/s1. The maximum Gasteiger partial charge on any atom is 0.224 e. The van der Waals surface area contributed by atoms with Gasteiger partial charge in [0, 0.05) is 23.5 Å². The van der Waals surface area contributed by atoms with E-state index in [-0.39, 0.29) is 23.8 Å². The molecule has 0 bridgehead atoms. The van der Waals surface area contributed by atoms with Crippen molar-refractivity contribution >= 4 is 5.91 Å². The van der Waals surface area contributed by atoms with Crippen LogP contribution in [0.5, 0.6) is 0 Å². The van der Waals surface area contributed by atoms with Crippen molar-refractivity contribution in [3.05, 3.63) is 78.0 Å². The van der Waals surface area contributed by atoms with Gasteiger partial charge in [0.1, 0.15) is 0 Å². The fraction of sp³-hybridized carbons (Fsp3) is 0.304. The van der Waals surface area contributed by atoms with Gasteiger partial charge in [0.15, 0.2) is 5.76 Å². The van der Waals surface area contributed by atoms with Crippen molar-refractivity contribution in [3.63, 3.8) is 0 Å². The number of rotatable bonds is 5. The van der Waals surface area contributed by atoms with E-state index in [0.29, 0.717) is 0 Å². The van der Waals surface area contributed by atoms with Crippen LogP contribution in [-0.4, -0.2) is 11.1 Å². The molecule has 1 heterocycles. The van der Waals surface area contributed by atoms with Gasteiger partial charge in [0.05, 0.1) is 11.7 Å². The largest absolute Gasteiger partial charge is 0.356 e. The summed E-state index contributed by atoms with van der Waals surface area (Å²) in [7, 11) is 0. The molecule has 1 amide bonds. The van der Waals surface area contributed by atoms with E-state index in [4.69, 9.17) is 4.52 Å². The van der Waals surface area contributed by atoms with Crippen LogP contribution in [0.1, 0.15) is 49.4 Å². The van der Waals surface area contributed by atoms with E-state index in [0.717, 1.165) is 41.8 Å². The summed E-state index contributed by atoms with van der Waals surface area (Å²) in [5.41, 5.74) is 3.01. The second kappa shape index (κ2) is 7.78. The molecule has 1 N–H and O–H groups in total. The predicted molar refractivity (Wildman–Crippen MR) is 105 cm³/mol. The topological polar surface area (TPSA) is 55.1 Å². The molecule has 0 spiro atoms. The number of benzene rings is 2. The molecule has 3 atom stereocenters. The number of nitrogens with one attached hydrogen (secondary N) is 1. The quantitative estimate of drug-likeness (QED) is 0.688. The zero-order chi connectivity index (χ0) is 18.6. The highest BCUT2D eigenvalue weighted by Crippen LogP contribution is 2.40. The van der Waals surface area contributed by atoms with Crippen LogP contribution in [0.4, 0.5) is 0 Å². The van der Waals surface area contributed by atoms with E-state index in [2.05, 4.69) is 10.5 Å². The summed E-state index contributed by atoms with van der Waals surface area (Å²) in [6, 6.07) is 22.0. The van der Waals surface area contributed by atoms with Gasteiger partial charge in [0.25, 0.3) is 0 Å². The van der Waals surface area contributed by atoms with E-state index >= 15 is 0 Å². The van der Waals surface area contributed by atoms with Crippen LogP contribution in [0.3, 0.4) is 0 Å². The number of aromatic nitrogens is 1. The first kappa shape index (κ1) is 17.5. The van der Waals surface area contributed by atoms with Crippen LogP contribution in [0.2, 0.25) is 0 Å². The highest BCUT2D eigenvalue weighted by atomic mass is 16.5. The zero-order valence-corrected chi connectivity index (χ0v) is 15.5. The third kappa shape index (κ3) is 3.80. The second-order valence-electron chi connectivity index (χ2n) is 7.27. The summed E-state index contributed by atoms with van der Waals surface area (Å²) >= 11 is 0. The van der Waals surface area contributed by atoms with Crippen molar-refractivity contribution in [2.75, 3.05) is 0 Å². The van der Waals surface area contributed by atoms with Crippen molar-refractivity contribution in [2.45, 2.75) is 38.1 Å². The minimum absolute atomic E-state index is 0.00265. The number of hydrogen-bond donors (Lipinski definition) is 1. The van der Waals surface area contributed by atoms with E-state index in [1.807, 2.05) is 73.7 Å². The Bertz CT molecular complexity index is 889. The van der Waals surface area contributed by atoms with E-state index in [9.17, 15) is 4.79 Å². The Hall–Kier alpha value is -2.88. The van der Waals surface area contributed by atoms with Crippen LogP contribution < -0.4 is 5.32 Å². The summed E-state index contributed by atoms with van der Waals surface area (Å²) in [6.45, 7) is 2.03. The lowest BCUT2D eigenvalue weighted by molar-refractivity contribution is -0.125. The van der Waals surface area contributed by atoms with Crippen LogP contribution in [0, 0.1) is 5.92 Å². The van der Waals surface area contributed by atoms with Gasteiger partial charge >= 0.3 is 0 Å². The highest BCUT2D eigenvalue weighted by molar-refractivity contribution is 5.80. The molecule has 1 unspecified atom stereocenters. The molecule has 1 fully saturated rings. The molecular formula is C23H24N2O2. The summed E-state index contributed by atoms with van der Waals surface area (Å²) in [5.74, 6) is 0.937. The van der Waals surface area contributed by atoms with Gasteiger partial charge in [-0.3, -0.25) is 4.79 Å². The summed E-state index contributed by atoms with van der Waals surface area (Å²) < 4.78 is 5.56.